The first-order valence-corrected chi connectivity index (χ1v) is 7.01. The van der Waals surface area contributed by atoms with Crippen LogP contribution in [0.4, 0.5) is 5.69 Å². The molecule has 0 saturated carbocycles. The van der Waals surface area contributed by atoms with Gasteiger partial charge >= 0.3 is 0 Å². The molecule has 0 bridgehead atoms. The van der Waals surface area contributed by atoms with E-state index >= 15 is 0 Å². The molecule has 0 saturated heterocycles. The number of hydrogen-bond acceptors (Lipinski definition) is 3. The molecule has 1 amide bonds. The molecule has 4 N–H and O–H groups in total. The predicted octanol–water partition coefficient (Wildman–Crippen LogP) is 1.68. The molecule has 0 radical (unpaired) electrons. The van der Waals surface area contributed by atoms with E-state index in [1.54, 1.807) is 48.5 Å². The number of rotatable bonds is 4. The maximum atomic E-state index is 12.2. The summed E-state index contributed by atoms with van der Waals surface area (Å²) >= 11 is 0. The van der Waals surface area contributed by atoms with E-state index < -0.39 is 16.7 Å². The zero-order valence-corrected chi connectivity index (χ0v) is 11.0. The van der Waals surface area contributed by atoms with Gasteiger partial charge in [-0.2, -0.15) is 0 Å². The van der Waals surface area contributed by atoms with Gasteiger partial charge in [-0.15, -0.1) is 0 Å². The van der Waals surface area contributed by atoms with Crippen LogP contribution in [0.1, 0.15) is 15.9 Å². The van der Waals surface area contributed by atoms with Crippen LogP contribution in [0.5, 0.6) is 0 Å². The third-order valence-corrected chi connectivity index (χ3v) is 4.16. The van der Waals surface area contributed by atoms with Gasteiger partial charge in [-0.3, -0.25) is 9.00 Å². The molecule has 0 heterocycles. The van der Waals surface area contributed by atoms with Crippen LogP contribution in [0.2, 0.25) is 0 Å². The molecule has 4 nitrogen and oxygen atoms in total. The van der Waals surface area contributed by atoms with Crippen LogP contribution in [0.25, 0.3) is 0 Å². The van der Waals surface area contributed by atoms with E-state index in [2.05, 4.69) is 0 Å². The molecule has 0 fully saturated rings. The lowest BCUT2D eigenvalue weighted by molar-refractivity contribution is 0.100. The number of carbonyl (C=O) groups is 1. The zero-order valence-electron chi connectivity index (χ0n) is 10.2. The van der Waals surface area contributed by atoms with Gasteiger partial charge in [0.2, 0.25) is 5.91 Å². The van der Waals surface area contributed by atoms with E-state index in [1.807, 2.05) is 0 Å². The van der Waals surface area contributed by atoms with Crippen molar-refractivity contribution in [2.45, 2.75) is 10.6 Å². The van der Waals surface area contributed by atoms with E-state index in [0.29, 0.717) is 21.9 Å². The number of amides is 1. The van der Waals surface area contributed by atoms with E-state index in [9.17, 15) is 9.00 Å². The Kier molecular flexibility index (Phi) is 3.97. The standard InChI is InChI=1S/C14H14N2O2S/c15-12-3-1-2-4-13(12)19(18)9-10-5-7-11(8-6-10)14(16)17/h1-8H,9,15H2,(H2,16,17). The number of hydrogen-bond donors (Lipinski definition) is 2. The number of benzene rings is 2. The van der Waals surface area contributed by atoms with Gasteiger partial charge in [0.1, 0.15) is 0 Å². The van der Waals surface area contributed by atoms with Crippen LogP contribution in [0.3, 0.4) is 0 Å². The lowest BCUT2D eigenvalue weighted by Gasteiger charge is -2.06. The number of para-hydroxylation sites is 1. The van der Waals surface area contributed by atoms with E-state index in [0.717, 1.165) is 5.56 Å². The van der Waals surface area contributed by atoms with Gasteiger partial charge in [0.05, 0.1) is 21.4 Å². The Morgan fingerprint density at radius 1 is 1.05 bits per heavy atom. The molecule has 0 aromatic heterocycles. The summed E-state index contributed by atoms with van der Waals surface area (Å²) in [6, 6.07) is 13.8. The summed E-state index contributed by atoms with van der Waals surface area (Å²) in [5, 5.41) is 0. The average Bonchev–Trinajstić information content (AvgIpc) is 2.39. The van der Waals surface area contributed by atoms with E-state index in [1.165, 1.54) is 0 Å². The number of nitrogens with two attached hydrogens (primary N) is 2. The SMILES string of the molecule is NC(=O)c1ccc(CS(=O)c2ccccc2N)cc1. The monoisotopic (exact) mass is 274 g/mol. The fourth-order valence-electron chi connectivity index (χ4n) is 1.68. The van der Waals surface area contributed by atoms with E-state index in [4.69, 9.17) is 11.5 Å². The summed E-state index contributed by atoms with van der Waals surface area (Å²) < 4.78 is 12.2. The van der Waals surface area contributed by atoms with Gasteiger partial charge in [0, 0.05) is 11.3 Å². The number of anilines is 1. The van der Waals surface area contributed by atoms with Crippen molar-refractivity contribution in [2.24, 2.45) is 5.73 Å². The Balaban J connectivity index is 2.15. The Labute approximate surface area is 113 Å². The smallest absolute Gasteiger partial charge is 0.248 e. The highest BCUT2D eigenvalue weighted by molar-refractivity contribution is 7.84. The maximum absolute atomic E-state index is 12.2. The second-order valence-corrected chi connectivity index (χ2v) is 5.51. The Bertz CT molecular complexity index is 624. The molecule has 0 aliphatic rings. The van der Waals surface area contributed by atoms with Crippen LogP contribution < -0.4 is 11.5 Å². The second-order valence-electron chi connectivity index (χ2n) is 4.09. The molecule has 0 aliphatic heterocycles. The molecule has 2 aromatic rings. The van der Waals surface area contributed by atoms with Crippen LogP contribution in [0.15, 0.2) is 53.4 Å². The summed E-state index contributed by atoms with van der Waals surface area (Å²) in [4.78, 5) is 11.6. The topological polar surface area (TPSA) is 86.2 Å². The van der Waals surface area contributed by atoms with E-state index in [-0.39, 0.29) is 0 Å². The highest BCUT2D eigenvalue weighted by atomic mass is 32.2. The second kappa shape index (κ2) is 5.67. The van der Waals surface area contributed by atoms with Gasteiger partial charge in [0.15, 0.2) is 0 Å². The molecule has 2 aromatic carbocycles. The lowest BCUT2D eigenvalue weighted by atomic mass is 10.1. The van der Waals surface area contributed by atoms with Crippen molar-refractivity contribution in [3.05, 3.63) is 59.7 Å². The first-order valence-electron chi connectivity index (χ1n) is 5.69. The molecule has 0 spiro atoms. The third kappa shape index (κ3) is 3.20. The van der Waals surface area contributed by atoms with Crippen molar-refractivity contribution in [3.8, 4) is 0 Å². The molecule has 2 rings (SSSR count). The molecule has 98 valence electrons. The van der Waals surface area contributed by atoms with Crippen molar-refractivity contribution in [1.82, 2.24) is 0 Å². The highest BCUT2D eigenvalue weighted by Crippen LogP contribution is 2.18. The minimum absolute atomic E-state index is 0.354. The Hall–Kier alpha value is -2.14. The predicted molar refractivity (Wildman–Crippen MR) is 75.9 cm³/mol. The summed E-state index contributed by atoms with van der Waals surface area (Å²) in [6.45, 7) is 0. The first kappa shape index (κ1) is 13.3. The number of nitrogen functional groups attached to an aromatic ring is 1. The maximum Gasteiger partial charge on any atom is 0.248 e. The molecule has 19 heavy (non-hydrogen) atoms. The zero-order chi connectivity index (χ0) is 13.8. The van der Waals surface area contributed by atoms with Gasteiger partial charge in [-0.1, -0.05) is 24.3 Å². The minimum Gasteiger partial charge on any atom is -0.398 e. The van der Waals surface area contributed by atoms with Crippen LogP contribution >= 0.6 is 0 Å². The first-order chi connectivity index (χ1) is 9.08. The van der Waals surface area contributed by atoms with Gasteiger partial charge in [0.25, 0.3) is 0 Å². The fourth-order valence-corrected chi connectivity index (χ4v) is 2.89. The molecule has 5 heteroatoms. The van der Waals surface area contributed by atoms with Crippen molar-refractivity contribution in [1.29, 1.82) is 0 Å². The summed E-state index contributed by atoms with van der Waals surface area (Å²) in [6.07, 6.45) is 0. The molecule has 1 atom stereocenters. The Morgan fingerprint density at radius 3 is 2.26 bits per heavy atom. The highest BCUT2D eigenvalue weighted by Gasteiger charge is 2.08. The largest absolute Gasteiger partial charge is 0.398 e. The fraction of sp³-hybridized carbons (Fsp3) is 0.0714. The van der Waals surface area contributed by atoms with Crippen molar-refractivity contribution in [2.75, 3.05) is 5.73 Å². The van der Waals surface area contributed by atoms with Crippen LogP contribution in [-0.4, -0.2) is 10.1 Å². The minimum atomic E-state index is -1.20. The average molecular weight is 274 g/mol. The number of carbonyl (C=O) groups excluding carboxylic acids is 1. The van der Waals surface area contributed by atoms with Crippen LogP contribution in [-0.2, 0) is 16.6 Å². The van der Waals surface area contributed by atoms with Crippen molar-refractivity contribution >= 4 is 22.4 Å². The van der Waals surface area contributed by atoms with Crippen molar-refractivity contribution < 1.29 is 9.00 Å². The molecule has 1 unspecified atom stereocenters. The van der Waals surface area contributed by atoms with Crippen molar-refractivity contribution in [3.63, 3.8) is 0 Å². The molecular weight excluding hydrogens is 260 g/mol. The summed E-state index contributed by atoms with van der Waals surface area (Å²) in [5.41, 5.74) is 12.8. The Morgan fingerprint density at radius 2 is 1.68 bits per heavy atom. The molecular formula is C14H14N2O2S. The normalized spacial score (nSPS) is 12.0. The quantitative estimate of drug-likeness (QED) is 0.832. The number of primary amides is 1. The van der Waals surface area contributed by atoms with Crippen LogP contribution in [0, 0.1) is 0 Å². The lowest BCUT2D eigenvalue weighted by Crippen LogP contribution is -2.10. The van der Waals surface area contributed by atoms with Gasteiger partial charge in [-0.25, -0.2) is 0 Å². The summed E-state index contributed by atoms with van der Waals surface area (Å²) in [7, 11) is -1.20. The molecule has 0 aliphatic carbocycles. The van der Waals surface area contributed by atoms with Gasteiger partial charge in [-0.05, 0) is 29.8 Å². The van der Waals surface area contributed by atoms with Gasteiger partial charge < -0.3 is 11.5 Å². The summed E-state index contributed by atoms with van der Waals surface area (Å²) in [5.74, 6) is -0.118. The third-order valence-electron chi connectivity index (χ3n) is 2.70.